The number of hydrogen-bond donors (Lipinski definition) is 1. The Hall–Kier alpha value is -1.61. The molecule has 0 saturated carbocycles. The Bertz CT molecular complexity index is 561. The van der Waals surface area contributed by atoms with Gasteiger partial charge in [-0.15, -0.1) is 0 Å². The van der Waals surface area contributed by atoms with Crippen LogP contribution in [0.4, 0.5) is 0 Å². The topological polar surface area (TPSA) is 38.1 Å². The zero-order valence-corrected chi connectivity index (χ0v) is 13.1. The van der Waals surface area contributed by atoms with Gasteiger partial charge in [-0.1, -0.05) is 31.5 Å². The third-order valence-corrected chi connectivity index (χ3v) is 3.37. The van der Waals surface area contributed by atoms with E-state index in [9.17, 15) is 0 Å². The first-order valence-electron chi connectivity index (χ1n) is 7.23. The van der Waals surface area contributed by atoms with E-state index in [4.69, 9.17) is 4.42 Å². The van der Waals surface area contributed by atoms with E-state index in [1.165, 1.54) is 22.3 Å². The van der Waals surface area contributed by atoms with Crippen molar-refractivity contribution in [2.45, 2.75) is 47.1 Å². The average molecular weight is 272 g/mol. The van der Waals surface area contributed by atoms with Crippen molar-refractivity contribution < 1.29 is 4.42 Å². The highest BCUT2D eigenvalue weighted by Gasteiger charge is 2.12. The summed E-state index contributed by atoms with van der Waals surface area (Å²) in [7, 11) is 0. The van der Waals surface area contributed by atoms with Crippen molar-refractivity contribution in [2.75, 3.05) is 6.54 Å². The zero-order chi connectivity index (χ0) is 14.7. The van der Waals surface area contributed by atoms with Crippen molar-refractivity contribution in [1.82, 2.24) is 10.3 Å². The molecule has 0 bridgehead atoms. The summed E-state index contributed by atoms with van der Waals surface area (Å²) in [5.41, 5.74) is 4.94. The van der Waals surface area contributed by atoms with Crippen LogP contribution in [-0.2, 0) is 6.42 Å². The van der Waals surface area contributed by atoms with Gasteiger partial charge in [-0.2, -0.15) is 0 Å². The Morgan fingerprint density at radius 2 is 1.80 bits per heavy atom. The van der Waals surface area contributed by atoms with Crippen molar-refractivity contribution in [3.05, 3.63) is 40.9 Å². The first-order valence-corrected chi connectivity index (χ1v) is 7.23. The van der Waals surface area contributed by atoms with E-state index in [0.29, 0.717) is 6.04 Å². The van der Waals surface area contributed by atoms with Crippen molar-refractivity contribution >= 4 is 0 Å². The second kappa shape index (κ2) is 6.23. The lowest BCUT2D eigenvalue weighted by Gasteiger charge is -2.08. The van der Waals surface area contributed by atoms with Gasteiger partial charge in [0.05, 0.1) is 6.20 Å². The molecule has 0 radical (unpaired) electrons. The van der Waals surface area contributed by atoms with Crippen LogP contribution in [0.5, 0.6) is 0 Å². The first kappa shape index (κ1) is 14.8. The smallest absolute Gasteiger partial charge is 0.196 e. The van der Waals surface area contributed by atoms with E-state index < -0.39 is 0 Å². The minimum atomic E-state index is 0.492. The SMILES string of the molecule is Cc1cc(C)c(-c2cnc(CCNC(C)C)o2)c(C)c1. The summed E-state index contributed by atoms with van der Waals surface area (Å²) in [6.07, 6.45) is 2.66. The number of nitrogens with one attached hydrogen (secondary N) is 1. The summed E-state index contributed by atoms with van der Waals surface area (Å²) in [5.74, 6) is 1.67. The summed E-state index contributed by atoms with van der Waals surface area (Å²) in [5, 5.41) is 3.37. The minimum absolute atomic E-state index is 0.492. The lowest BCUT2D eigenvalue weighted by molar-refractivity contribution is 0.484. The maximum Gasteiger partial charge on any atom is 0.196 e. The lowest BCUT2D eigenvalue weighted by atomic mass is 9.98. The normalized spacial score (nSPS) is 11.3. The highest BCUT2D eigenvalue weighted by molar-refractivity contribution is 5.66. The molecule has 2 aromatic rings. The van der Waals surface area contributed by atoms with Gasteiger partial charge in [-0.25, -0.2) is 4.98 Å². The Balaban J connectivity index is 2.17. The first-order chi connectivity index (χ1) is 9.47. The molecule has 1 aromatic heterocycles. The molecule has 3 heteroatoms. The van der Waals surface area contributed by atoms with E-state index in [1.807, 2.05) is 6.20 Å². The maximum absolute atomic E-state index is 5.90. The Morgan fingerprint density at radius 1 is 1.15 bits per heavy atom. The minimum Gasteiger partial charge on any atom is -0.441 e. The van der Waals surface area contributed by atoms with Crippen molar-refractivity contribution in [1.29, 1.82) is 0 Å². The van der Waals surface area contributed by atoms with Crippen LogP contribution in [0.2, 0.25) is 0 Å². The van der Waals surface area contributed by atoms with Crippen LogP contribution in [-0.4, -0.2) is 17.6 Å². The molecular formula is C17H24N2O. The number of oxazole rings is 1. The second-order valence-electron chi connectivity index (χ2n) is 5.75. The van der Waals surface area contributed by atoms with Crippen LogP contribution in [0.1, 0.15) is 36.4 Å². The molecule has 0 aliphatic heterocycles. The van der Waals surface area contributed by atoms with Gasteiger partial charge in [-0.3, -0.25) is 0 Å². The molecule has 0 fully saturated rings. The Morgan fingerprint density at radius 3 is 2.40 bits per heavy atom. The summed E-state index contributed by atoms with van der Waals surface area (Å²) >= 11 is 0. The van der Waals surface area contributed by atoms with E-state index in [0.717, 1.165) is 24.6 Å². The van der Waals surface area contributed by atoms with Crippen molar-refractivity contribution in [3.8, 4) is 11.3 Å². The Kier molecular flexibility index (Phi) is 4.61. The molecule has 0 atom stereocenters. The molecule has 2 rings (SSSR count). The van der Waals surface area contributed by atoms with Gasteiger partial charge in [0, 0.05) is 24.6 Å². The number of rotatable bonds is 5. The second-order valence-corrected chi connectivity index (χ2v) is 5.75. The predicted octanol–water partition coefficient (Wildman–Crippen LogP) is 3.81. The fraction of sp³-hybridized carbons (Fsp3) is 0.471. The van der Waals surface area contributed by atoms with Crippen LogP contribution in [0.15, 0.2) is 22.7 Å². The van der Waals surface area contributed by atoms with Gasteiger partial charge in [0.2, 0.25) is 0 Å². The van der Waals surface area contributed by atoms with Crippen LogP contribution >= 0.6 is 0 Å². The molecule has 0 aliphatic rings. The molecule has 3 nitrogen and oxygen atoms in total. The van der Waals surface area contributed by atoms with Crippen LogP contribution in [0.3, 0.4) is 0 Å². The van der Waals surface area contributed by atoms with E-state index in [-0.39, 0.29) is 0 Å². The number of benzene rings is 1. The number of hydrogen-bond acceptors (Lipinski definition) is 3. The van der Waals surface area contributed by atoms with Gasteiger partial charge in [0.25, 0.3) is 0 Å². The number of nitrogens with zero attached hydrogens (tertiary/aromatic N) is 1. The van der Waals surface area contributed by atoms with Gasteiger partial charge in [-0.05, 0) is 31.9 Å². The molecule has 1 heterocycles. The van der Waals surface area contributed by atoms with Gasteiger partial charge >= 0.3 is 0 Å². The largest absolute Gasteiger partial charge is 0.441 e. The molecule has 0 unspecified atom stereocenters. The maximum atomic E-state index is 5.90. The fourth-order valence-electron chi connectivity index (χ4n) is 2.58. The lowest BCUT2D eigenvalue weighted by Crippen LogP contribution is -2.24. The van der Waals surface area contributed by atoms with E-state index in [2.05, 4.69) is 57.1 Å². The van der Waals surface area contributed by atoms with Gasteiger partial charge in [0.1, 0.15) is 0 Å². The molecule has 0 amide bonds. The Labute approximate surface area is 121 Å². The zero-order valence-electron chi connectivity index (χ0n) is 13.1. The molecule has 108 valence electrons. The molecular weight excluding hydrogens is 248 g/mol. The molecule has 0 aliphatic carbocycles. The summed E-state index contributed by atoms with van der Waals surface area (Å²) < 4.78 is 5.90. The number of aromatic nitrogens is 1. The third kappa shape index (κ3) is 3.48. The number of aryl methyl sites for hydroxylation is 3. The third-order valence-electron chi connectivity index (χ3n) is 3.37. The van der Waals surface area contributed by atoms with Crippen LogP contribution in [0, 0.1) is 20.8 Å². The predicted molar refractivity (Wildman–Crippen MR) is 83.0 cm³/mol. The standard InChI is InChI=1S/C17H24N2O/c1-11(2)18-7-6-16-19-10-15(20-16)17-13(4)8-12(3)9-14(17)5/h8-11,18H,6-7H2,1-5H3. The van der Waals surface area contributed by atoms with Crippen LogP contribution in [0.25, 0.3) is 11.3 Å². The molecule has 0 saturated heterocycles. The average Bonchev–Trinajstić information content (AvgIpc) is 2.75. The summed E-state index contributed by atoms with van der Waals surface area (Å²) in [6, 6.07) is 4.86. The van der Waals surface area contributed by atoms with E-state index in [1.54, 1.807) is 0 Å². The molecule has 1 aromatic carbocycles. The molecule has 1 N–H and O–H groups in total. The highest BCUT2D eigenvalue weighted by atomic mass is 16.4. The summed E-state index contributed by atoms with van der Waals surface area (Å²) in [6.45, 7) is 11.5. The monoisotopic (exact) mass is 272 g/mol. The van der Waals surface area contributed by atoms with Gasteiger partial charge in [0.15, 0.2) is 11.7 Å². The molecule has 20 heavy (non-hydrogen) atoms. The van der Waals surface area contributed by atoms with Crippen LogP contribution < -0.4 is 5.32 Å². The molecule has 0 spiro atoms. The van der Waals surface area contributed by atoms with Crippen molar-refractivity contribution in [3.63, 3.8) is 0 Å². The summed E-state index contributed by atoms with van der Waals surface area (Å²) in [4.78, 5) is 4.39. The fourth-order valence-corrected chi connectivity index (χ4v) is 2.58. The quantitative estimate of drug-likeness (QED) is 0.899. The van der Waals surface area contributed by atoms with E-state index >= 15 is 0 Å². The van der Waals surface area contributed by atoms with Crippen molar-refractivity contribution in [2.24, 2.45) is 0 Å². The highest BCUT2D eigenvalue weighted by Crippen LogP contribution is 2.28. The van der Waals surface area contributed by atoms with Gasteiger partial charge < -0.3 is 9.73 Å².